The third kappa shape index (κ3) is 7.27. The molecule has 1 atom stereocenters. The van der Waals surface area contributed by atoms with Crippen molar-refractivity contribution in [2.45, 2.75) is 79.7 Å². The van der Waals surface area contributed by atoms with Gasteiger partial charge in [0.05, 0.1) is 0 Å². The number of nitrogens with one attached hydrogen (secondary N) is 1. The van der Waals surface area contributed by atoms with Crippen LogP contribution in [0.3, 0.4) is 0 Å². The first-order valence-corrected chi connectivity index (χ1v) is 7.16. The van der Waals surface area contributed by atoms with Crippen molar-refractivity contribution in [2.75, 3.05) is 6.54 Å². The standard InChI is InChI=1S/C15H33N/c1-7-9-10-11-15(5,6)12-16-14(8-2)13(3)4/h13-14,16H,7-12H2,1-6H3. The lowest BCUT2D eigenvalue weighted by Gasteiger charge is -2.29. The Morgan fingerprint density at radius 2 is 1.69 bits per heavy atom. The maximum atomic E-state index is 3.74. The zero-order chi connectivity index (χ0) is 12.6. The van der Waals surface area contributed by atoms with Crippen molar-refractivity contribution < 1.29 is 0 Å². The minimum absolute atomic E-state index is 0.456. The van der Waals surface area contributed by atoms with Crippen LogP contribution in [0.2, 0.25) is 0 Å². The number of hydrogen-bond donors (Lipinski definition) is 1. The van der Waals surface area contributed by atoms with Crippen LogP contribution in [0.5, 0.6) is 0 Å². The quantitative estimate of drug-likeness (QED) is 0.567. The van der Waals surface area contributed by atoms with E-state index in [-0.39, 0.29) is 0 Å². The summed E-state index contributed by atoms with van der Waals surface area (Å²) in [5.41, 5.74) is 0.456. The van der Waals surface area contributed by atoms with Crippen LogP contribution >= 0.6 is 0 Å². The topological polar surface area (TPSA) is 12.0 Å². The molecule has 16 heavy (non-hydrogen) atoms. The molecular formula is C15H33N. The molecule has 0 radical (unpaired) electrons. The molecule has 0 bridgehead atoms. The molecule has 0 spiro atoms. The predicted molar refractivity (Wildman–Crippen MR) is 74.8 cm³/mol. The van der Waals surface area contributed by atoms with Gasteiger partial charge in [0.2, 0.25) is 0 Å². The molecule has 0 saturated heterocycles. The third-order valence-corrected chi connectivity index (χ3v) is 3.54. The van der Waals surface area contributed by atoms with Gasteiger partial charge in [-0.3, -0.25) is 0 Å². The molecule has 0 aromatic heterocycles. The third-order valence-electron chi connectivity index (χ3n) is 3.54. The van der Waals surface area contributed by atoms with E-state index < -0.39 is 0 Å². The second-order valence-electron chi connectivity index (χ2n) is 6.26. The van der Waals surface area contributed by atoms with Gasteiger partial charge < -0.3 is 5.32 Å². The molecule has 1 heteroatoms. The lowest BCUT2D eigenvalue weighted by atomic mass is 9.86. The molecule has 98 valence electrons. The van der Waals surface area contributed by atoms with E-state index in [4.69, 9.17) is 0 Å². The van der Waals surface area contributed by atoms with E-state index in [0.717, 1.165) is 12.5 Å². The highest BCUT2D eigenvalue weighted by atomic mass is 14.9. The molecule has 0 aromatic rings. The smallest absolute Gasteiger partial charge is 0.00876 e. The van der Waals surface area contributed by atoms with Gasteiger partial charge in [-0.25, -0.2) is 0 Å². The van der Waals surface area contributed by atoms with Crippen molar-refractivity contribution >= 4 is 0 Å². The first-order valence-electron chi connectivity index (χ1n) is 7.16. The first kappa shape index (κ1) is 16.0. The van der Waals surface area contributed by atoms with Crippen molar-refractivity contribution in [3.8, 4) is 0 Å². The summed E-state index contributed by atoms with van der Waals surface area (Å²) in [6.45, 7) is 15.1. The highest BCUT2D eigenvalue weighted by Crippen LogP contribution is 2.23. The molecule has 0 saturated carbocycles. The van der Waals surface area contributed by atoms with Crippen molar-refractivity contribution in [1.29, 1.82) is 0 Å². The molecule has 0 aliphatic rings. The minimum atomic E-state index is 0.456. The molecule has 0 aliphatic heterocycles. The highest BCUT2D eigenvalue weighted by molar-refractivity contribution is 4.76. The summed E-state index contributed by atoms with van der Waals surface area (Å²) in [4.78, 5) is 0. The largest absolute Gasteiger partial charge is 0.313 e. The zero-order valence-corrected chi connectivity index (χ0v) is 12.4. The van der Waals surface area contributed by atoms with E-state index in [0.29, 0.717) is 11.5 Å². The van der Waals surface area contributed by atoms with Crippen molar-refractivity contribution in [3.63, 3.8) is 0 Å². The summed E-state index contributed by atoms with van der Waals surface area (Å²) in [6, 6.07) is 0.686. The normalized spacial score (nSPS) is 14.4. The van der Waals surface area contributed by atoms with Gasteiger partial charge in [0.1, 0.15) is 0 Å². The Labute approximate surface area is 103 Å². The van der Waals surface area contributed by atoms with Crippen LogP contribution in [0, 0.1) is 11.3 Å². The van der Waals surface area contributed by atoms with Crippen molar-refractivity contribution in [2.24, 2.45) is 11.3 Å². The second-order valence-corrected chi connectivity index (χ2v) is 6.26. The van der Waals surface area contributed by atoms with Gasteiger partial charge in [-0.15, -0.1) is 0 Å². The summed E-state index contributed by atoms with van der Waals surface area (Å²) >= 11 is 0. The Bertz CT molecular complexity index is 161. The fourth-order valence-corrected chi connectivity index (χ4v) is 2.20. The molecule has 0 amide bonds. The van der Waals surface area contributed by atoms with E-state index in [1.807, 2.05) is 0 Å². The Kier molecular flexibility index (Phi) is 8.09. The number of hydrogen-bond acceptors (Lipinski definition) is 1. The lowest BCUT2D eigenvalue weighted by molar-refractivity contribution is 0.265. The summed E-state index contributed by atoms with van der Waals surface area (Å²) < 4.78 is 0. The van der Waals surface area contributed by atoms with E-state index in [2.05, 4.69) is 46.9 Å². The van der Waals surface area contributed by atoms with Crippen LogP contribution in [-0.4, -0.2) is 12.6 Å². The molecule has 1 nitrogen and oxygen atoms in total. The van der Waals surface area contributed by atoms with E-state index >= 15 is 0 Å². The van der Waals surface area contributed by atoms with Crippen LogP contribution < -0.4 is 5.32 Å². The number of unbranched alkanes of at least 4 members (excludes halogenated alkanes) is 2. The van der Waals surface area contributed by atoms with E-state index in [9.17, 15) is 0 Å². The van der Waals surface area contributed by atoms with Crippen molar-refractivity contribution in [3.05, 3.63) is 0 Å². The SMILES string of the molecule is CCCCCC(C)(C)CNC(CC)C(C)C. The van der Waals surface area contributed by atoms with Gasteiger partial charge in [-0.2, -0.15) is 0 Å². The molecule has 0 aromatic carbocycles. The summed E-state index contributed by atoms with van der Waals surface area (Å²) in [5, 5.41) is 3.74. The maximum Gasteiger partial charge on any atom is 0.00876 e. The number of rotatable bonds is 9. The van der Waals surface area contributed by atoms with Crippen LogP contribution in [0.1, 0.15) is 73.6 Å². The highest BCUT2D eigenvalue weighted by Gasteiger charge is 2.19. The fraction of sp³-hybridized carbons (Fsp3) is 1.00. The summed E-state index contributed by atoms with van der Waals surface area (Å²) in [6.07, 6.45) is 6.67. The van der Waals surface area contributed by atoms with Crippen LogP contribution in [0.25, 0.3) is 0 Å². The molecule has 0 rings (SSSR count). The average Bonchev–Trinajstić information content (AvgIpc) is 2.18. The van der Waals surface area contributed by atoms with Crippen LogP contribution in [-0.2, 0) is 0 Å². The monoisotopic (exact) mass is 227 g/mol. The molecule has 0 aliphatic carbocycles. The Morgan fingerprint density at radius 3 is 2.12 bits per heavy atom. The predicted octanol–water partition coefficient (Wildman–Crippen LogP) is 4.62. The minimum Gasteiger partial charge on any atom is -0.313 e. The van der Waals surface area contributed by atoms with Gasteiger partial charge in [-0.1, -0.05) is 60.8 Å². The Morgan fingerprint density at radius 1 is 1.06 bits per heavy atom. The van der Waals surface area contributed by atoms with Crippen LogP contribution in [0.15, 0.2) is 0 Å². The van der Waals surface area contributed by atoms with Gasteiger partial charge in [0.15, 0.2) is 0 Å². The lowest BCUT2D eigenvalue weighted by Crippen LogP contribution is -2.39. The van der Waals surface area contributed by atoms with Crippen molar-refractivity contribution in [1.82, 2.24) is 5.32 Å². The van der Waals surface area contributed by atoms with Gasteiger partial charge >= 0.3 is 0 Å². The summed E-state index contributed by atoms with van der Waals surface area (Å²) in [5.74, 6) is 0.747. The van der Waals surface area contributed by atoms with Gasteiger partial charge in [0.25, 0.3) is 0 Å². The molecular weight excluding hydrogens is 194 g/mol. The maximum absolute atomic E-state index is 3.74. The first-order chi connectivity index (χ1) is 7.43. The molecule has 1 unspecified atom stereocenters. The Balaban J connectivity index is 3.86. The average molecular weight is 227 g/mol. The Hall–Kier alpha value is -0.0400. The second kappa shape index (κ2) is 8.11. The van der Waals surface area contributed by atoms with E-state index in [1.54, 1.807) is 0 Å². The zero-order valence-electron chi connectivity index (χ0n) is 12.4. The van der Waals surface area contributed by atoms with Gasteiger partial charge in [-0.05, 0) is 24.2 Å². The summed E-state index contributed by atoms with van der Waals surface area (Å²) in [7, 11) is 0. The molecule has 0 fully saturated rings. The van der Waals surface area contributed by atoms with Gasteiger partial charge in [0, 0.05) is 12.6 Å². The van der Waals surface area contributed by atoms with Crippen LogP contribution in [0.4, 0.5) is 0 Å². The molecule has 1 N–H and O–H groups in total. The fourth-order valence-electron chi connectivity index (χ4n) is 2.20. The molecule has 0 heterocycles. The van der Waals surface area contributed by atoms with E-state index in [1.165, 1.54) is 32.1 Å².